The van der Waals surface area contributed by atoms with Gasteiger partial charge in [0.05, 0.1) is 24.6 Å². The minimum atomic E-state index is -0.301. The molecule has 0 bridgehead atoms. The largest absolute Gasteiger partial charge is 0.497 e. The average molecular weight is 268 g/mol. The predicted molar refractivity (Wildman–Crippen MR) is 75.0 cm³/mol. The smallest absolute Gasteiger partial charge is 0.291 e. The molecule has 2 heterocycles. The number of ether oxygens (including phenoxy) is 1. The van der Waals surface area contributed by atoms with E-state index in [2.05, 4.69) is 10.3 Å². The second-order valence-electron chi connectivity index (χ2n) is 4.17. The number of methoxy groups -OCH3 is 1. The summed E-state index contributed by atoms with van der Waals surface area (Å²) in [5, 5.41) is 3.62. The van der Waals surface area contributed by atoms with Crippen molar-refractivity contribution in [3.8, 4) is 5.75 Å². The summed E-state index contributed by atoms with van der Waals surface area (Å²) in [6.07, 6.45) is 3.11. The van der Waals surface area contributed by atoms with E-state index in [9.17, 15) is 4.79 Å². The van der Waals surface area contributed by atoms with Gasteiger partial charge in [-0.15, -0.1) is 0 Å². The van der Waals surface area contributed by atoms with Gasteiger partial charge >= 0.3 is 0 Å². The summed E-state index contributed by atoms with van der Waals surface area (Å²) in [5.74, 6) is 0.669. The molecular weight excluding hydrogens is 256 g/mol. The molecule has 3 aromatic rings. The molecule has 0 unspecified atom stereocenters. The van der Waals surface area contributed by atoms with Crippen LogP contribution in [-0.2, 0) is 0 Å². The van der Waals surface area contributed by atoms with Crippen LogP contribution in [0.3, 0.4) is 0 Å². The number of nitrogens with one attached hydrogen (secondary N) is 1. The van der Waals surface area contributed by atoms with Crippen LogP contribution >= 0.6 is 0 Å². The Hall–Kier alpha value is -2.82. The summed E-state index contributed by atoms with van der Waals surface area (Å²) in [6, 6.07) is 10.5. The molecule has 1 N–H and O–H groups in total. The first-order valence-electron chi connectivity index (χ1n) is 6.05. The van der Waals surface area contributed by atoms with Gasteiger partial charge in [0.15, 0.2) is 5.76 Å². The Kier molecular flexibility index (Phi) is 3.09. The zero-order chi connectivity index (χ0) is 13.9. The molecule has 1 aromatic carbocycles. The Morgan fingerprint density at radius 2 is 2.20 bits per heavy atom. The summed E-state index contributed by atoms with van der Waals surface area (Å²) in [4.78, 5) is 16.3. The van der Waals surface area contributed by atoms with Gasteiger partial charge in [0, 0.05) is 11.6 Å². The first-order chi connectivity index (χ1) is 9.78. The van der Waals surface area contributed by atoms with Crippen LogP contribution in [0.1, 0.15) is 10.6 Å². The summed E-state index contributed by atoms with van der Waals surface area (Å²) in [6.45, 7) is 0. The number of benzene rings is 1. The zero-order valence-corrected chi connectivity index (χ0v) is 10.8. The third-order valence-corrected chi connectivity index (χ3v) is 2.94. The molecule has 0 saturated heterocycles. The number of nitrogens with zero attached hydrogens (tertiary/aromatic N) is 1. The normalized spacial score (nSPS) is 10.4. The lowest BCUT2D eigenvalue weighted by Crippen LogP contribution is -2.11. The van der Waals surface area contributed by atoms with E-state index in [0.29, 0.717) is 11.4 Å². The molecule has 0 radical (unpaired) electrons. The molecule has 0 saturated carbocycles. The number of carbonyl (C=O) groups excluding carboxylic acids is 1. The third kappa shape index (κ3) is 2.21. The molecule has 1 amide bonds. The lowest BCUT2D eigenvalue weighted by Gasteiger charge is -2.08. The Labute approximate surface area is 115 Å². The van der Waals surface area contributed by atoms with Gasteiger partial charge in [-0.25, -0.2) is 0 Å². The number of fused-ring (bicyclic) bond motifs is 1. The van der Waals surface area contributed by atoms with E-state index in [-0.39, 0.29) is 11.7 Å². The van der Waals surface area contributed by atoms with Crippen LogP contribution in [0.25, 0.3) is 10.9 Å². The Balaban J connectivity index is 2.00. The molecule has 2 aromatic heterocycles. The first kappa shape index (κ1) is 12.2. The summed E-state index contributed by atoms with van der Waals surface area (Å²) in [7, 11) is 1.60. The van der Waals surface area contributed by atoms with Gasteiger partial charge in [0.25, 0.3) is 5.91 Å². The summed E-state index contributed by atoms with van der Waals surface area (Å²) >= 11 is 0. The fourth-order valence-electron chi connectivity index (χ4n) is 1.95. The van der Waals surface area contributed by atoms with Crippen molar-refractivity contribution in [2.24, 2.45) is 0 Å². The van der Waals surface area contributed by atoms with Gasteiger partial charge in [0.1, 0.15) is 5.75 Å². The Morgan fingerprint density at radius 3 is 2.95 bits per heavy atom. The molecule has 3 rings (SSSR count). The molecule has 5 nitrogen and oxygen atoms in total. The topological polar surface area (TPSA) is 64.4 Å². The van der Waals surface area contributed by atoms with Crippen molar-refractivity contribution in [2.75, 3.05) is 12.4 Å². The van der Waals surface area contributed by atoms with Gasteiger partial charge in [-0.05, 0) is 36.4 Å². The van der Waals surface area contributed by atoms with Crippen LogP contribution in [0.2, 0.25) is 0 Å². The van der Waals surface area contributed by atoms with Crippen LogP contribution in [0.5, 0.6) is 5.75 Å². The maximum Gasteiger partial charge on any atom is 0.291 e. The second kappa shape index (κ2) is 5.05. The zero-order valence-electron chi connectivity index (χ0n) is 10.8. The highest BCUT2D eigenvalue weighted by Gasteiger charge is 2.11. The fraction of sp³-hybridized carbons (Fsp3) is 0.0667. The van der Waals surface area contributed by atoms with E-state index in [4.69, 9.17) is 9.15 Å². The number of rotatable bonds is 3. The van der Waals surface area contributed by atoms with Crippen LogP contribution < -0.4 is 10.1 Å². The van der Waals surface area contributed by atoms with Crippen LogP contribution in [-0.4, -0.2) is 18.0 Å². The Morgan fingerprint density at radius 1 is 1.30 bits per heavy atom. The SMILES string of the molecule is COc1ccc2nccc(NC(=O)c3ccco3)c2c1. The lowest BCUT2D eigenvalue weighted by molar-refractivity contribution is 0.0997. The number of anilines is 1. The highest BCUT2D eigenvalue weighted by molar-refractivity contribution is 6.07. The molecular formula is C15H12N2O3. The van der Waals surface area contributed by atoms with E-state index in [1.165, 1.54) is 6.26 Å². The number of pyridine rings is 1. The van der Waals surface area contributed by atoms with Crippen LogP contribution in [0.15, 0.2) is 53.3 Å². The first-order valence-corrected chi connectivity index (χ1v) is 6.05. The van der Waals surface area contributed by atoms with Gasteiger partial charge in [0.2, 0.25) is 0 Å². The standard InChI is InChI=1S/C15H12N2O3/c1-19-10-4-5-12-11(9-10)13(6-7-16-12)17-15(18)14-3-2-8-20-14/h2-9H,1H3,(H,16,17,18). The predicted octanol–water partition coefficient (Wildman–Crippen LogP) is 3.09. The van der Waals surface area contributed by atoms with E-state index >= 15 is 0 Å². The summed E-state index contributed by atoms with van der Waals surface area (Å²) in [5.41, 5.74) is 1.44. The van der Waals surface area contributed by atoms with Crippen LogP contribution in [0, 0.1) is 0 Å². The van der Waals surface area contributed by atoms with Crippen molar-refractivity contribution in [3.05, 3.63) is 54.6 Å². The molecule has 0 aliphatic heterocycles. The maximum atomic E-state index is 12.0. The van der Waals surface area contributed by atoms with Crippen molar-refractivity contribution in [1.29, 1.82) is 0 Å². The quantitative estimate of drug-likeness (QED) is 0.792. The van der Waals surface area contributed by atoms with Gasteiger partial charge < -0.3 is 14.5 Å². The van der Waals surface area contributed by atoms with E-state index < -0.39 is 0 Å². The van der Waals surface area contributed by atoms with Crippen molar-refractivity contribution in [2.45, 2.75) is 0 Å². The minimum Gasteiger partial charge on any atom is -0.497 e. The fourth-order valence-corrected chi connectivity index (χ4v) is 1.95. The number of furan rings is 1. The minimum absolute atomic E-state index is 0.262. The molecule has 0 fully saturated rings. The molecule has 0 spiro atoms. The molecule has 0 aliphatic carbocycles. The molecule has 0 aliphatic rings. The second-order valence-corrected chi connectivity index (χ2v) is 4.17. The van der Waals surface area contributed by atoms with Crippen LogP contribution in [0.4, 0.5) is 5.69 Å². The molecule has 0 atom stereocenters. The third-order valence-electron chi connectivity index (χ3n) is 2.94. The van der Waals surface area contributed by atoms with Crippen molar-refractivity contribution >= 4 is 22.5 Å². The highest BCUT2D eigenvalue weighted by Crippen LogP contribution is 2.26. The maximum absolute atomic E-state index is 12.0. The van der Waals surface area contributed by atoms with Crippen molar-refractivity contribution in [1.82, 2.24) is 4.98 Å². The van der Waals surface area contributed by atoms with Crippen molar-refractivity contribution < 1.29 is 13.9 Å². The van der Waals surface area contributed by atoms with Crippen molar-refractivity contribution in [3.63, 3.8) is 0 Å². The van der Waals surface area contributed by atoms with E-state index in [1.54, 1.807) is 31.5 Å². The lowest BCUT2D eigenvalue weighted by atomic mass is 10.1. The molecule has 5 heteroatoms. The number of amides is 1. The van der Waals surface area contributed by atoms with Gasteiger partial charge in [-0.1, -0.05) is 0 Å². The Bertz CT molecular complexity index is 751. The van der Waals surface area contributed by atoms with Gasteiger partial charge in [-0.2, -0.15) is 0 Å². The van der Waals surface area contributed by atoms with Gasteiger partial charge in [-0.3, -0.25) is 9.78 Å². The highest BCUT2D eigenvalue weighted by atomic mass is 16.5. The number of hydrogen-bond acceptors (Lipinski definition) is 4. The summed E-state index contributed by atoms with van der Waals surface area (Å²) < 4.78 is 10.3. The van der Waals surface area contributed by atoms with E-state index in [0.717, 1.165) is 10.9 Å². The number of hydrogen-bond donors (Lipinski definition) is 1. The molecule has 20 heavy (non-hydrogen) atoms. The monoisotopic (exact) mass is 268 g/mol. The molecule has 100 valence electrons. The number of carbonyl (C=O) groups is 1. The number of aromatic nitrogens is 1. The van der Waals surface area contributed by atoms with E-state index in [1.807, 2.05) is 18.2 Å². The average Bonchev–Trinajstić information content (AvgIpc) is 3.01.